The first-order valence-corrected chi connectivity index (χ1v) is 10.3. The first-order valence-electron chi connectivity index (χ1n) is 9.31. The van der Waals surface area contributed by atoms with Crippen LogP contribution < -0.4 is 5.56 Å². The Hall–Kier alpha value is -2.68. The molecule has 1 fully saturated rings. The van der Waals surface area contributed by atoms with Gasteiger partial charge in [0.05, 0.1) is 16.7 Å². The summed E-state index contributed by atoms with van der Waals surface area (Å²) >= 11 is 1.25. The quantitative estimate of drug-likeness (QED) is 0.534. The van der Waals surface area contributed by atoms with Gasteiger partial charge in [-0.15, -0.1) is 0 Å². The van der Waals surface area contributed by atoms with Crippen molar-refractivity contribution in [3.63, 3.8) is 0 Å². The van der Waals surface area contributed by atoms with E-state index in [1.165, 1.54) is 22.7 Å². The molecule has 0 saturated carbocycles. The van der Waals surface area contributed by atoms with Gasteiger partial charge in [0.2, 0.25) is 11.9 Å². The summed E-state index contributed by atoms with van der Waals surface area (Å²) in [6.45, 7) is 5.92. The van der Waals surface area contributed by atoms with Crippen molar-refractivity contribution >= 4 is 28.6 Å². The second kappa shape index (κ2) is 7.75. The highest BCUT2D eigenvalue weighted by atomic mass is 32.2. The van der Waals surface area contributed by atoms with Crippen molar-refractivity contribution in [2.24, 2.45) is 11.8 Å². The van der Waals surface area contributed by atoms with E-state index < -0.39 is 0 Å². The number of hydrogen-bond acceptors (Lipinski definition) is 6. The van der Waals surface area contributed by atoms with E-state index in [1.54, 1.807) is 18.2 Å². The summed E-state index contributed by atoms with van der Waals surface area (Å²) < 4.78 is 1.38. The molecule has 1 aliphatic rings. The lowest BCUT2D eigenvalue weighted by Gasteiger charge is -2.35. The molecule has 2 atom stereocenters. The Kier molecular flexibility index (Phi) is 5.17. The van der Waals surface area contributed by atoms with Crippen LogP contribution in [0, 0.1) is 11.8 Å². The number of nitrogens with zero attached hydrogens (tertiary/aromatic N) is 5. The molecule has 9 heteroatoms. The number of rotatable bonds is 4. The van der Waals surface area contributed by atoms with Crippen LogP contribution in [-0.4, -0.2) is 54.4 Å². The minimum Gasteiger partial charge on any atom is -0.341 e. The van der Waals surface area contributed by atoms with Crippen molar-refractivity contribution in [2.75, 3.05) is 18.8 Å². The van der Waals surface area contributed by atoms with E-state index in [0.29, 0.717) is 33.8 Å². The van der Waals surface area contributed by atoms with Crippen molar-refractivity contribution in [3.05, 3.63) is 40.9 Å². The zero-order valence-corrected chi connectivity index (χ0v) is 16.6. The van der Waals surface area contributed by atoms with Crippen LogP contribution >= 0.6 is 11.8 Å². The Morgan fingerprint density at radius 2 is 2.00 bits per heavy atom. The van der Waals surface area contributed by atoms with Crippen LogP contribution in [0.25, 0.3) is 16.9 Å². The number of para-hydroxylation sites is 1. The van der Waals surface area contributed by atoms with E-state index in [0.717, 1.165) is 19.5 Å². The number of piperidine rings is 1. The van der Waals surface area contributed by atoms with Gasteiger partial charge >= 0.3 is 0 Å². The van der Waals surface area contributed by atoms with Crippen LogP contribution in [0.5, 0.6) is 0 Å². The standard InChI is InChI=1S/C19H22N6O2S/c1-12-7-13(2)9-24(8-12)16(26)10-28-19-22-15-6-4-3-5-14(15)17(27)25(19)18-20-11-21-23-18/h3-6,11-13H,7-10H2,1-2H3,(H,20,21,23)/t12-,13-/m1/s1. The molecule has 1 aromatic carbocycles. The molecule has 3 aromatic rings. The van der Waals surface area contributed by atoms with E-state index in [4.69, 9.17) is 0 Å². The third kappa shape index (κ3) is 3.66. The Morgan fingerprint density at radius 3 is 2.71 bits per heavy atom. The first kappa shape index (κ1) is 18.7. The number of thioether (sulfide) groups is 1. The second-order valence-corrected chi connectivity index (χ2v) is 8.34. The molecular weight excluding hydrogens is 376 g/mol. The predicted molar refractivity (Wildman–Crippen MR) is 108 cm³/mol. The summed E-state index contributed by atoms with van der Waals surface area (Å²) in [5.74, 6) is 1.58. The molecule has 146 valence electrons. The zero-order chi connectivity index (χ0) is 19.7. The number of hydrogen-bond donors (Lipinski definition) is 1. The summed E-state index contributed by atoms with van der Waals surface area (Å²) in [7, 11) is 0. The monoisotopic (exact) mass is 398 g/mol. The lowest BCUT2D eigenvalue weighted by atomic mass is 9.92. The third-order valence-corrected chi connectivity index (χ3v) is 5.83. The van der Waals surface area contributed by atoms with Crippen LogP contribution in [0.15, 0.2) is 40.5 Å². The van der Waals surface area contributed by atoms with Crippen LogP contribution in [0.2, 0.25) is 0 Å². The Bertz CT molecular complexity index is 1040. The number of aromatic amines is 1. The molecule has 0 aliphatic carbocycles. The van der Waals surface area contributed by atoms with Gasteiger partial charge in [0.25, 0.3) is 5.56 Å². The van der Waals surface area contributed by atoms with Gasteiger partial charge in [-0.3, -0.25) is 9.59 Å². The van der Waals surface area contributed by atoms with Gasteiger partial charge in [-0.1, -0.05) is 37.7 Å². The number of H-pyrrole nitrogens is 1. The molecular formula is C19H22N6O2S. The first-order chi connectivity index (χ1) is 13.5. The summed E-state index contributed by atoms with van der Waals surface area (Å²) in [6.07, 6.45) is 2.49. The SMILES string of the molecule is C[C@@H]1C[C@@H](C)CN(C(=O)CSc2nc3ccccc3c(=O)n2-c2ncn[nH]2)C1. The molecule has 0 spiro atoms. The Morgan fingerprint density at radius 1 is 1.25 bits per heavy atom. The number of benzene rings is 1. The lowest BCUT2D eigenvalue weighted by molar-refractivity contribution is -0.130. The van der Waals surface area contributed by atoms with Crippen molar-refractivity contribution < 1.29 is 4.79 Å². The maximum absolute atomic E-state index is 13.0. The number of fused-ring (bicyclic) bond motifs is 1. The maximum Gasteiger partial charge on any atom is 0.269 e. The minimum absolute atomic E-state index is 0.0647. The highest BCUT2D eigenvalue weighted by Crippen LogP contribution is 2.24. The van der Waals surface area contributed by atoms with Gasteiger partial charge in [-0.2, -0.15) is 10.1 Å². The molecule has 2 aromatic heterocycles. The smallest absolute Gasteiger partial charge is 0.269 e. The second-order valence-electron chi connectivity index (χ2n) is 7.39. The fraction of sp³-hybridized carbons (Fsp3) is 0.421. The number of amides is 1. The van der Waals surface area contributed by atoms with Crippen LogP contribution in [-0.2, 0) is 4.79 Å². The number of aromatic nitrogens is 5. The third-order valence-electron chi connectivity index (χ3n) is 4.91. The molecule has 4 rings (SSSR count). The largest absolute Gasteiger partial charge is 0.341 e. The number of carbonyl (C=O) groups excluding carboxylic acids is 1. The fourth-order valence-electron chi connectivity index (χ4n) is 3.79. The molecule has 0 unspecified atom stereocenters. The lowest BCUT2D eigenvalue weighted by Crippen LogP contribution is -2.43. The fourth-order valence-corrected chi connectivity index (χ4v) is 4.68. The van der Waals surface area contributed by atoms with Gasteiger partial charge in [0.15, 0.2) is 5.16 Å². The van der Waals surface area contributed by atoms with Crippen LogP contribution in [0.1, 0.15) is 20.3 Å². The summed E-state index contributed by atoms with van der Waals surface area (Å²) in [5.41, 5.74) is 0.357. The molecule has 1 aliphatic heterocycles. The molecule has 8 nitrogen and oxygen atoms in total. The van der Waals surface area contributed by atoms with Gasteiger partial charge < -0.3 is 4.90 Å². The summed E-state index contributed by atoms with van der Waals surface area (Å²) in [6, 6.07) is 7.16. The van der Waals surface area contributed by atoms with Gasteiger partial charge in [-0.05, 0) is 30.4 Å². The molecule has 1 amide bonds. The van der Waals surface area contributed by atoms with E-state index >= 15 is 0 Å². The van der Waals surface area contributed by atoms with Crippen molar-refractivity contribution in [2.45, 2.75) is 25.4 Å². The van der Waals surface area contributed by atoms with Crippen molar-refractivity contribution in [1.82, 2.24) is 29.6 Å². The molecule has 1 N–H and O–H groups in total. The number of likely N-dealkylation sites (tertiary alicyclic amines) is 1. The van der Waals surface area contributed by atoms with Crippen LogP contribution in [0.4, 0.5) is 0 Å². The normalized spacial score (nSPS) is 19.9. The highest BCUT2D eigenvalue weighted by molar-refractivity contribution is 7.99. The average Bonchev–Trinajstić information content (AvgIpc) is 3.19. The topological polar surface area (TPSA) is 96.8 Å². The molecule has 1 saturated heterocycles. The summed E-state index contributed by atoms with van der Waals surface area (Å²) in [5, 5.41) is 7.47. The molecule has 0 bridgehead atoms. The molecule has 3 heterocycles. The summed E-state index contributed by atoms with van der Waals surface area (Å²) in [4.78, 5) is 36.4. The maximum atomic E-state index is 13.0. The van der Waals surface area contributed by atoms with Gasteiger partial charge in [0.1, 0.15) is 6.33 Å². The predicted octanol–water partition coefficient (Wildman–Crippen LogP) is 2.10. The van der Waals surface area contributed by atoms with Gasteiger partial charge in [0, 0.05) is 13.1 Å². The Labute approximate surface area is 166 Å². The van der Waals surface area contributed by atoms with E-state index in [9.17, 15) is 9.59 Å². The van der Waals surface area contributed by atoms with E-state index in [-0.39, 0.29) is 17.2 Å². The van der Waals surface area contributed by atoms with Crippen molar-refractivity contribution in [3.8, 4) is 5.95 Å². The van der Waals surface area contributed by atoms with E-state index in [1.807, 2.05) is 11.0 Å². The highest BCUT2D eigenvalue weighted by Gasteiger charge is 2.26. The zero-order valence-electron chi connectivity index (χ0n) is 15.8. The molecule has 28 heavy (non-hydrogen) atoms. The van der Waals surface area contributed by atoms with E-state index in [2.05, 4.69) is 34.0 Å². The van der Waals surface area contributed by atoms with Crippen LogP contribution in [0.3, 0.4) is 0 Å². The molecule has 0 radical (unpaired) electrons. The Balaban J connectivity index is 1.64. The van der Waals surface area contributed by atoms with Gasteiger partial charge in [-0.25, -0.2) is 14.6 Å². The number of nitrogens with one attached hydrogen (secondary N) is 1. The minimum atomic E-state index is -0.238. The average molecular weight is 398 g/mol. The number of carbonyl (C=O) groups is 1. The van der Waals surface area contributed by atoms with Crippen molar-refractivity contribution in [1.29, 1.82) is 0 Å².